The number of aryl methyl sites for hydroxylation is 1. The van der Waals surface area contributed by atoms with Gasteiger partial charge in [-0.3, -0.25) is 0 Å². The molecule has 0 amide bonds. The van der Waals surface area contributed by atoms with E-state index in [1.54, 1.807) is 32.9 Å². The first-order chi connectivity index (χ1) is 9.09. The molecule has 0 aliphatic heterocycles. The lowest BCUT2D eigenvalue weighted by molar-refractivity contribution is 0.0908. The summed E-state index contributed by atoms with van der Waals surface area (Å²) < 4.78 is 27.1. The first kappa shape index (κ1) is 17.3. The van der Waals surface area contributed by atoms with Gasteiger partial charge in [-0.05, 0) is 50.3 Å². The fourth-order valence-corrected chi connectivity index (χ4v) is 4.06. The highest BCUT2D eigenvalue weighted by molar-refractivity contribution is 7.98. The fraction of sp³-hybridized carbons (Fsp3) is 0.538. The van der Waals surface area contributed by atoms with Gasteiger partial charge in [-0.15, -0.1) is 0 Å². The Morgan fingerprint density at radius 1 is 1.40 bits per heavy atom. The Morgan fingerprint density at radius 3 is 2.55 bits per heavy atom. The SMILES string of the molecule is CSCC(C)(O)CNS(=O)(=O)c1cc(C)cc(N)c1C. The van der Waals surface area contributed by atoms with Gasteiger partial charge in [0.05, 0.1) is 10.5 Å². The average molecular weight is 318 g/mol. The Balaban J connectivity index is 3.01. The maximum Gasteiger partial charge on any atom is 0.241 e. The summed E-state index contributed by atoms with van der Waals surface area (Å²) in [6, 6.07) is 3.32. The van der Waals surface area contributed by atoms with E-state index >= 15 is 0 Å². The maximum absolute atomic E-state index is 12.3. The van der Waals surface area contributed by atoms with Crippen LogP contribution in [0.3, 0.4) is 0 Å². The van der Waals surface area contributed by atoms with Crippen LogP contribution in [-0.2, 0) is 10.0 Å². The summed E-state index contributed by atoms with van der Waals surface area (Å²) in [5, 5.41) is 10.0. The summed E-state index contributed by atoms with van der Waals surface area (Å²) in [6.45, 7) is 5.02. The molecule has 1 rings (SSSR count). The highest BCUT2D eigenvalue weighted by Crippen LogP contribution is 2.23. The van der Waals surface area contributed by atoms with Crippen LogP contribution < -0.4 is 10.5 Å². The molecule has 1 unspecified atom stereocenters. The summed E-state index contributed by atoms with van der Waals surface area (Å²) >= 11 is 1.46. The Bertz CT molecular complexity index is 584. The van der Waals surface area contributed by atoms with Gasteiger partial charge in [0.2, 0.25) is 10.0 Å². The van der Waals surface area contributed by atoms with E-state index in [4.69, 9.17) is 5.73 Å². The van der Waals surface area contributed by atoms with Crippen molar-refractivity contribution in [2.75, 3.05) is 24.3 Å². The molecule has 1 aromatic rings. The van der Waals surface area contributed by atoms with Crippen LogP contribution >= 0.6 is 11.8 Å². The molecule has 7 heteroatoms. The molecule has 0 fully saturated rings. The molecule has 1 atom stereocenters. The van der Waals surface area contributed by atoms with E-state index in [-0.39, 0.29) is 11.4 Å². The van der Waals surface area contributed by atoms with E-state index in [0.717, 1.165) is 5.56 Å². The van der Waals surface area contributed by atoms with Crippen molar-refractivity contribution in [3.8, 4) is 0 Å². The van der Waals surface area contributed by atoms with Gasteiger partial charge in [-0.25, -0.2) is 13.1 Å². The lowest BCUT2D eigenvalue weighted by Crippen LogP contribution is -2.42. The van der Waals surface area contributed by atoms with Crippen molar-refractivity contribution in [2.24, 2.45) is 0 Å². The number of benzene rings is 1. The zero-order valence-electron chi connectivity index (χ0n) is 12.2. The van der Waals surface area contributed by atoms with Crippen molar-refractivity contribution in [3.05, 3.63) is 23.3 Å². The van der Waals surface area contributed by atoms with Gasteiger partial charge in [-0.1, -0.05) is 0 Å². The molecule has 0 aliphatic rings. The van der Waals surface area contributed by atoms with E-state index in [9.17, 15) is 13.5 Å². The van der Waals surface area contributed by atoms with Gasteiger partial charge < -0.3 is 10.8 Å². The molecule has 0 saturated heterocycles. The molecule has 0 radical (unpaired) electrons. The van der Waals surface area contributed by atoms with Crippen LogP contribution in [0, 0.1) is 13.8 Å². The van der Waals surface area contributed by atoms with E-state index in [1.165, 1.54) is 11.8 Å². The molecule has 4 N–H and O–H groups in total. The van der Waals surface area contributed by atoms with Crippen molar-refractivity contribution in [1.29, 1.82) is 0 Å². The minimum absolute atomic E-state index is 0.0382. The van der Waals surface area contributed by atoms with Crippen molar-refractivity contribution in [3.63, 3.8) is 0 Å². The first-order valence-electron chi connectivity index (χ1n) is 6.17. The monoisotopic (exact) mass is 318 g/mol. The second-order valence-electron chi connectivity index (χ2n) is 5.23. The summed E-state index contributed by atoms with van der Waals surface area (Å²) in [7, 11) is -3.69. The number of nitrogens with one attached hydrogen (secondary N) is 1. The summed E-state index contributed by atoms with van der Waals surface area (Å²) in [5.41, 5.74) is 6.46. The zero-order valence-corrected chi connectivity index (χ0v) is 13.9. The van der Waals surface area contributed by atoms with Crippen LogP contribution in [0.5, 0.6) is 0 Å². The van der Waals surface area contributed by atoms with E-state index in [1.807, 2.05) is 6.26 Å². The number of anilines is 1. The third kappa shape index (κ3) is 4.37. The fourth-order valence-electron chi connectivity index (χ4n) is 1.82. The van der Waals surface area contributed by atoms with Crippen LogP contribution in [0.1, 0.15) is 18.1 Å². The first-order valence-corrected chi connectivity index (χ1v) is 9.04. The Morgan fingerprint density at radius 2 is 2.00 bits per heavy atom. The predicted octanol–water partition coefficient (Wildman–Crippen LogP) is 1.28. The molecule has 0 spiro atoms. The Labute approximate surface area is 125 Å². The van der Waals surface area contributed by atoms with E-state index < -0.39 is 15.6 Å². The highest BCUT2D eigenvalue weighted by atomic mass is 32.2. The predicted molar refractivity (Wildman–Crippen MR) is 84.5 cm³/mol. The smallest absolute Gasteiger partial charge is 0.241 e. The number of nitrogens with two attached hydrogens (primary N) is 1. The topological polar surface area (TPSA) is 92.4 Å². The minimum atomic E-state index is -3.69. The third-order valence-electron chi connectivity index (χ3n) is 2.93. The number of nitrogen functional groups attached to an aromatic ring is 1. The molecular weight excluding hydrogens is 296 g/mol. The molecule has 0 bridgehead atoms. The Kier molecular flexibility index (Phi) is 5.48. The highest BCUT2D eigenvalue weighted by Gasteiger charge is 2.25. The Hall–Kier alpha value is -0.760. The summed E-state index contributed by atoms with van der Waals surface area (Å²) in [6.07, 6.45) is 1.86. The summed E-state index contributed by atoms with van der Waals surface area (Å²) in [5.74, 6) is 0.449. The van der Waals surface area contributed by atoms with E-state index in [2.05, 4.69) is 4.72 Å². The van der Waals surface area contributed by atoms with Crippen LogP contribution in [0.4, 0.5) is 5.69 Å². The van der Waals surface area contributed by atoms with Crippen molar-refractivity contribution in [1.82, 2.24) is 4.72 Å². The molecule has 1 aromatic carbocycles. The second kappa shape index (κ2) is 6.34. The molecular formula is C13H22N2O3S2. The number of sulfonamides is 1. The lowest BCUT2D eigenvalue weighted by Gasteiger charge is -2.23. The number of hydrogen-bond donors (Lipinski definition) is 3. The standard InChI is InChI=1S/C13H22N2O3S2/c1-9-5-11(14)10(2)12(6-9)20(17,18)15-7-13(3,16)8-19-4/h5-6,15-16H,7-8,14H2,1-4H3. The summed E-state index contributed by atoms with van der Waals surface area (Å²) in [4.78, 5) is 0.162. The molecule has 0 aromatic heterocycles. The normalized spacial score (nSPS) is 15.1. The molecule has 20 heavy (non-hydrogen) atoms. The molecule has 0 aliphatic carbocycles. The van der Waals surface area contributed by atoms with Crippen molar-refractivity contribution in [2.45, 2.75) is 31.3 Å². The van der Waals surface area contributed by atoms with Crippen molar-refractivity contribution >= 4 is 27.5 Å². The van der Waals surface area contributed by atoms with Gasteiger partial charge in [-0.2, -0.15) is 11.8 Å². The van der Waals surface area contributed by atoms with Gasteiger partial charge >= 0.3 is 0 Å². The maximum atomic E-state index is 12.3. The number of hydrogen-bond acceptors (Lipinski definition) is 5. The largest absolute Gasteiger partial charge is 0.398 e. The second-order valence-corrected chi connectivity index (χ2v) is 7.83. The van der Waals surface area contributed by atoms with Gasteiger partial charge in [0.25, 0.3) is 0 Å². The zero-order chi connectivity index (χ0) is 15.6. The van der Waals surface area contributed by atoms with Crippen LogP contribution in [0.2, 0.25) is 0 Å². The molecule has 0 saturated carbocycles. The van der Waals surface area contributed by atoms with Crippen LogP contribution in [0.25, 0.3) is 0 Å². The van der Waals surface area contributed by atoms with E-state index in [0.29, 0.717) is 17.0 Å². The number of rotatable bonds is 6. The third-order valence-corrected chi connectivity index (χ3v) is 5.37. The quantitative estimate of drug-likeness (QED) is 0.687. The molecule has 0 heterocycles. The van der Waals surface area contributed by atoms with Crippen LogP contribution in [0.15, 0.2) is 17.0 Å². The average Bonchev–Trinajstić information content (AvgIpc) is 2.31. The van der Waals surface area contributed by atoms with Crippen molar-refractivity contribution < 1.29 is 13.5 Å². The minimum Gasteiger partial charge on any atom is -0.398 e. The molecule has 114 valence electrons. The molecule has 5 nitrogen and oxygen atoms in total. The van der Waals surface area contributed by atoms with Gasteiger partial charge in [0.1, 0.15) is 0 Å². The number of thioether (sulfide) groups is 1. The van der Waals surface area contributed by atoms with Gasteiger partial charge in [0, 0.05) is 18.0 Å². The van der Waals surface area contributed by atoms with Crippen LogP contribution in [-0.4, -0.2) is 37.7 Å². The number of aliphatic hydroxyl groups is 1. The lowest BCUT2D eigenvalue weighted by atomic mass is 10.1. The van der Waals surface area contributed by atoms with Gasteiger partial charge in [0.15, 0.2) is 0 Å².